The highest BCUT2D eigenvalue weighted by atomic mass is 16.6. The highest BCUT2D eigenvalue weighted by Gasteiger charge is 2.03. The molecule has 13 heavy (non-hydrogen) atoms. The van der Waals surface area contributed by atoms with E-state index in [0.29, 0.717) is 6.61 Å². The van der Waals surface area contributed by atoms with E-state index in [9.17, 15) is 0 Å². The van der Waals surface area contributed by atoms with E-state index >= 15 is 0 Å². The molecule has 0 amide bonds. The van der Waals surface area contributed by atoms with Crippen LogP contribution < -0.4 is 5.48 Å². The quantitative estimate of drug-likeness (QED) is 0.759. The zero-order valence-electron chi connectivity index (χ0n) is 7.49. The smallest absolute Gasteiger partial charge is 0.0947 e. The number of nitrogens with one attached hydrogen (secondary N) is 1. The normalized spacial score (nSPS) is 15.2. The number of allylic oxidation sites excluding steroid dienone is 1. The van der Waals surface area contributed by atoms with E-state index < -0.39 is 0 Å². The van der Waals surface area contributed by atoms with Gasteiger partial charge in [0.15, 0.2) is 0 Å². The molecule has 1 aromatic rings. The van der Waals surface area contributed by atoms with Gasteiger partial charge in [-0.15, -0.1) is 0 Å². The van der Waals surface area contributed by atoms with Crippen molar-refractivity contribution in [1.29, 1.82) is 0 Å². The molecule has 0 saturated heterocycles. The Labute approximate surface area is 78.2 Å². The van der Waals surface area contributed by atoms with Crippen molar-refractivity contribution in [2.75, 3.05) is 6.61 Å². The van der Waals surface area contributed by atoms with Gasteiger partial charge in [-0.2, -0.15) is 0 Å². The largest absolute Gasteiger partial charge is 0.272 e. The zero-order chi connectivity index (χ0) is 8.93. The molecule has 1 aromatic carbocycles. The van der Waals surface area contributed by atoms with E-state index in [2.05, 4.69) is 35.8 Å². The molecule has 1 aliphatic rings. The topological polar surface area (TPSA) is 21.3 Å². The Morgan fingerprint density at radius 2 is 2.00 bits per heavy atom. The molecular weight excluding hydrogens is 162 g/mol. The third-order valence-electron chi connectivity index (χ3n) is 2.14. The molecule has 0 spiro atoms. The van der Waals surface area contributed by atoms with E-state index in [1.54, 1.807) is 0 Å². The van der Waals surface area contributed by atoms with Gasteiger partial charge in [0.1, 0.15) is 0 Å². The van der Waals surface area contributed by atoms with Crippen LogP contribution in [0.1, 0.15) is 12.0 Å². The summed E-state index contributed by atoms with van der Waals surface area (Å²) < 4.78 is 0. The van der Waals surface area contributed by atoms with E-state index in [-0.39, 0.29) is 0 Å². The van der Waals surface area contributed by atoms with Gasteiger partial charge in [-0.05, 0) is 24.5 Å². The van der Waals surface area contributed by atoms with Crippen molar-refractivity contribution in [2.24, 2.45) is 0 Å². The van der Waals surface area contributed by atoms with Crippen LogP contribution in [0.3, 0.4) is 0 Å². The van der Waals surface area contributed by atoms with Gasteiger partial charge in [0, 0.05) is 5.70 Å². The van der Waals surface area contributed by atoms with Crippen LogP contribution in [0, 0.1) is 0 Å². The molecule has 0 radical (unpaired) electrons. The molecule has 2 rings (SSSR count). The molecule has 0 saturated carbocycles. The van der Waals surface area contributed by atoms with Crippen molar-refractivity contribution in [3.63, 3.8) is 0 Å². The molecular formula is C11H13NO. The lowest BCUT2D eigenvalue weighted by Crippen LogP contribution is -2.06. The van der Waals surface area contributed by atoms with E-state index in [1.807, 2.05) is 6.07 Å². The lowest BCUT2D eigenvalue weighted by Gasteiger charge is -2.02. The minimum absolute atomic E-state index is 0.699. The standard InChI is InChI=1S/C11H13NO/c1-2-4-10(5-3-1)6-7-11-8-9-13-12-11/h1-5,8,12H,6-7,9H2. The number of aryl methyl sites for hydroxylation is 1. The van der Waals surface area contributed by atoms with Gasteiger partial charge in [-0.25, -0.2) is 0 Å². The molecule has 2 nitrogen and oxygen atoms in total. The van der Waals surface area contributed by atoms with Crippen LogP contribution in [-0.4, -0.2) is 6.61 Å². The number of hydrogen-bond donors (Lipinski definition) is 1. The van der Waals surface area contributed by atoms with Crippen LogP contribution in [0.4, 0.5) is 0 Å². The van der Waals surface area contributed by atoms with Crippen molar-refractivity contribution in [1.82, 2.24) is 5.48 Å². The Morgan fingerprint density at radius 1 is 1.15 bits per heavy atom. The highest BCUT2D eigenvalue weighted by molar-refractivity contribution is 5.16. The summed E-state index contributed by atoms with van der Waals surface area (Å²) in [5.41, 5.74) is 5.46. The molecule has 0 aliphatic carbocycles. The van der Waals surface area contributed by atoms with Crippen LogP contribution in [0.25, 0.3) is 0 Å². The SMILES string of the molecule is C1=C(CCc2ccccc2)NOC1. The summed E-state index contributed by atoms with van der Waals surface area (Å²) in [5, 5.41) is 0. The van der Waals surface area contributed by atoms with Crippen molar-refractivity contribution in [3.05, 3.63) is 47.7 Å². The molecule has 1 N–H and O–H groups in total. The molecule has 1 heterocycles. The number of rotatable bonds is 3. The van der Waals surface area contributed by atoms with Crippen molar-refractivity contribution in [2.45, 2.75) is 12.8 Å². The van der Waals surface area contributed by atoms with E-state index in [4.69, 9.17) is 4.84 Å². The fraction of sp³-hybridized carbons (Fsp3) is 0.273. The zero-order valence-corrected chi connectivity index (χ0v) is 7.49. The van der Waals surface area contributed by atoms with E-state index in [1.165, 1.54) is 11.3 Å². The average Bonchev–Trinajstić information content (AvgIpc) is 2.69. The second-order valence-corrected chi connectivity index (χ2v) is 3.13. The molecule has 0 aromatic heterocycles. The lowest BCUT2D eigenvalue weighted by molar-refractivity contribution is 0.107. The second-order valence-electron chi connectivity index (χ2n) is 3.13. The Hall–Kier alpha value is -1.28. The molecule has 2 heteroatoms. The van der Waals surface area contributed by atoms with Gasteiger partial charge >= 0.3 is 0 Å². The number of hydrogen-bond acceptors (Lipinski definition) is 2. The molecule has 0 bridgehead atoms. The maximum atomic E-state index is 5.00. The summed E-state index contributed by atoms with van der Waals surface area (Å²) in [6.45, 7) is 0.699. The Morgan fingerprint density at radius 3 is 2.69 bits per heavy atom. The molecule has 0 fully saturated rings. The van der Waals surface area contributed by atoms with Crippen LogP contribution in [0.15, 0.2) is 42.1 Å². The fourth-order valence-corrected chi connectivity index (χ4v) is 1.40. The third kappa shape index (κ3) is 2.33. The lowest BCUT2D eigenvalue weighted by atomic mass is 10.1. The summed E-state index contributed by atoms with van der Waals surface area (Å²) >= 11 is 0. The van der Waals surface area contributed by atoms with Gasteiger partial charge in [0.05, 0.1) is 6.61 Å². The van der Waals surface area contributed by atoms with Crippen LogP contribution in [-0.2, 0) is 11.3 Å². The van der Waals surface area contributed by atoms with Crippen LogP contribution in [0.5, 0.6) is 0 Å². The van der Waals surface area contributed by atoms with Crippen LogP contribution in [0.2, 0.25) is 0 Å². The maximum Gasteiger partial charge on any atom is 0.0947 e. The summed E-state index contributed by atoms with van der Waals surface area (Å²) in [6.07, 6.45) is 4.19. The summed E-state index contributed by atoms with van der Waals surface area (Å²) in [7, 11) is 0. The molecule has 68 valence electrons. The Balaban J connectivity index is 1.86. The minimum atomic E-state index is 0.699. The number of benzene rings is 1. The minimum Gasteiger partial charge on any atom is -0.272 e. The van der Waals surface area contributed by atoms with Gasteiger partial charge in [0.25, 0.3) is 0 Å². The van der Waals surface area contributed by atoms with E-state index in [0.717, 1.165) is 12.8 Å². The van der Waals surface area contributed by atoms with Crippen LogP contribution >= 0.6 is 0 Å². The number of hydroxylamine groups is 1. The third-order valence-corrected chi connectivity index (χ3v) is 2.14. The average molecular weight is 175 g/mol. The summed E-state index contributed by atoms with van der Waals surface area (Å²) in [5.74, 6) is 0. The van der Waals surface area contributed by atoms with Gasteiger partial charge in [-0.1, -0.05) is 30.3 Å². The predicted molar refractivity (Wildman–Crippen MR) is 51.9 cm³/mol. The van der Waals surface area contributed by atoms with Gasteiger partial charge in [-0.3, -0.25) is 10.3 Å². The predicted octanol–water partition coefficient (Wildman–Crippen LogP) is 2.04. The first-order valence-corrected chi connectivity index (χ1v) is 4.56. The monoisotopic (exact) mass is 175 g/mol. The van der Waals surface area contributed by atoms with Crippen molar-refractivity contribution < 1.29 is 4.84 Å². The van der Waals surface area contributed by atoms with Crippen molar-refractivity contribution >= 4 is 0 Å². The summed E-state index contributed by atoms with van der Waals surface area (Å²) in [4.78, 5) is 5.00. The first-order chi connectivity index (χ1) is 6.45. The van der Waals surface area contributed by atoms with Crippen molar-refractivity contribution in [3.8, 4) is 0 Å². The second kappa shape index (κ2) is 4.10. The first-order valence-electron chi connectivity index (χ1n) is 4.56. The molecule has 1 aliphatic heterocycles. The molecule has 0 unspecified atom stereocenters. The molecule has 0 atom stereocenters. The van der Waals surface area contributed by atoms with Gasteiger partial charge in [0.2, 0.25) is 0 Å². The maximum absolute atomic E-state index is 5.00. The first kappa shape index (κ1) is 8.32. The summed E-state index contributed by atoms with van der Waals surface area (Å²) in [6, 6.07) is 10.5. The highest BCUT2D eigenvalue weighted by Crippen LogP contribution is 2.09. The Bertz CT molecular complexity index is 292. The van der Waals surface area contributed by atoms with Gasteiger partial charge < -0.3 is 0 Å². The fourth-order valence-electron chi connectivity index (χ4n) is 1.40. The Kier molecular flexibility index (Phi) is 2.62.